The number of aldehydes is 1. The van der Waals surface area contributed by atoms with Gasteiger partial charge in [0.25, 0.3) is 0 Å². The molecule has 1 N–H and O–H groups in total. The number of ether oxygens (including phenoxy) is 1. The molecule has 0 spiro atoms. The van der Waals surface area contributed by atoms with Gasteiger partial charge in [0, 0.05) is 22.5 Å². The van der Waals surface area contributed by atoms with E-state index in [9.17, 15) is 9.59 Å². The highest BCUT2D eigenvalue weighted by Gasteiger charge is 2.29. The van der Waals surface area contributed by atoms with E-state index >= 15 is 0 Å². The molecule has 0 bridgehead atoms. The van der Waals surface area contributed by atoms with Crippen LogP contribution in [0.2, 0.25) is 0 Å². The van der Waals surface area contributed by atoms with Gasteiger partial charge in [0.15, 0.2) is 0 Å². The van der Waals surface area contributed by atoms with E-state index in [0.29, 0.717) is 18.5 Å². The zero-order valence-electron chi connectivity index (χ0n) is 19.0. The quantitative estimate of drug-likeness (QED) is 0.267. The molecule has 0 saturated carbocycles. The lowest BCUT2D eigenvalue weighted by Gasteiger charge is -2.16. The van der Waals surface area contributed by atoms with E-state index in [-0.39, 0.29) is 12.5 Å². The molecule has 0 atom stereocenters. The molecule has 5 heteroatoms. The third-order valence-electron chi connectivity index (χ3n) is 6.53. The molecular formula is C30H24BrNO3. The minimum Gasteiger partial charge on any atom is -0.449 e. The maximum Gasteiger partial charge on any atom is 0.407 e. The molecule has 0 radical (unpaired) electrons. The van der Waals surface area contributed by atoms with Gasteiger partial charge in [0.05, 0.1) is 0 Å². The van der Waals surface area contributed by atoms with Gasteiger partial charge in [-0.3, -0.25) is 4.79 Å². The Kier molecular flexibility index (Phi) is 6.77. The Morgan fingerprint density at radius 3 is 2.17 bits per heavy atom. The maximum atomic E-state index is 12.7. The molecule has 0 unspecified atom stereocenters. The highest BCUT2D eigenvalue weighted by atomic mass is 79.9. The van der Waals surface area contributed by atoms with Crippen molar-refractivity contribution >= 4 is 28.3 Å². The summed E-state index contributed by atoms with van der Waals surface area (Å²) < 4.78 is 6.58. The Bertz CT molecular complexity index is 1350. The third-order valence-corrected chi connectivity index (χ3v) is 7.27. The van der Waals surface area contributed by atoms with E-state index in [1.807, 2.05) is 66.7 Å². The summed E-state index contributed by atoms with van der Waals surface area (Å²) in [7, 11) is 0. The van der Waals surface area contributed by atoms with Crippen LogP contribution in [0.25, 0.3) is 11.1 Å². The minimum absolute atomic E-state index is 0.0204. The van der Waals surface area contributed by atoms with Gasteiger partial charge in [-0.15, -0.1) is 0 Å². The number of amides is 1. The number of rotatable bonds is 7. The van der Waals surface area contributed by atoms with Gasteiger partial charge in [-0.05, 0) is 51.4 Å². The van der Waals surface area contributed by atoms with Crippen molar-refractivity contribution in [3.8, 4) is 11.1 Å². The van der Waals surface area contributed by atoms with Gasteiger partial charge in [-0.25, -0.2) is 4.79 Å². The molecular weight excluding hydrogens is 502 g/mol. The van der Waals surface area contributed by atoms with Crippen LogP contribution in [0.15, 0.2) is 95.5 Å². The van der Waals surface area contributed by atoms with Crippen LogP contribution in [0.4, 0.5) is 4.79 Å². The Balaban J connectivity index is 1.27. The van der Waals surface area contributed by atoms with Gasteiger partial charge >= 0.3 is 6.09 Å². The molecule has 35 heavy (non-hydrogen) atoms. The second-order valence-electron chi connectivity index (χ2n) is 8.55. The predicted octanol–water partition coefficient (Wildman–Crippen LogP) is 6.89. The van der Waals surface area contributed by atoms with E-state index in [0.717, 1.165) is 27.4 Å². The van der Waals surface area contributed by atoms with Gasteiger partial charge in [-0.1, -0.05) is 101 Å². The Morgan fingerprint density at radius 1 is 0.829 bits per heavy atom. The SMILES string of the molecule is O=Cc1ccccc1Cc1cccc(Br)c1CNC(=O)OCC1c2ccccc2-c2ccccc21. The predicted molar refractivity (Wildman–Crippen MR) is 141 cm³/mol. The largest absolute Gasteiger partial charge is 0.449 e. The van der Waals surface area contributed by atoms with Crippen LogP contribution in [-0.4, -0.2) is 19.0 Å². The number of carbonyl (C=O) groups is 2. The van der Waals surface area contributed by atoms with Crippen LogP contribution in [0.5, 0.6) is 0 Å². The molecule has 5 rings (SSSR count). The van der Waals surface area contributed by atoms with Crippen molar-refractivity contribution in [1.29, 1.82) is 0 Å². The van der Waals surface area contributed by atoms with Crippen molar-refractivity contribution < 1.29 is 14.3 Å². The van der Waals surface area contributed by atoms with Gasteiger partial charge in [0.1, 0.15) is 12.9 Å². The summed E-state index contributed by atoms with van der Waals surface area (Å²) in [6.07, 6.45) is 1.01. The van der Waals surface area contributed by atoms with Crippen LogP contribution in [0.3, 0.4) is 0 Å². The second-order valence-corrected chi connectivity index (χ2v) is 9.40. The zero-order valence-corrected chi connectivity index (χ0v) is 20.6. The summed E-state index contributed by atoms with van der Waals surface area (Å²) in [6.45, 7) is 0.589. The van der Waals surface area contributed by atoms with Crippen LogP contribution in [0, 0.1) is 0 Å². The lowest BCUT2D eigenvalue weighted by atomic mass is 9.97. The molecule has 1 amide bonds. The average Bonchev–Trinajstić information content (AvgIpc) is 3.21. The van der Waals surface area contributed by atoms with E-state index in [2.05, 4.69) is 45.5 Å². The molecule has 4 aromatic rings. The smallest absolute Gasteiger partial charge is 0.407 e. The van der Waals surface area contributed by atoms with Gasteiger partial charge < -0.3 is 10.1 Å². The van der Waals surface area contributed by atoms with E-state index in [4.69, 9.17) is 4.74 Å². The number of hydrogen-bond donors (Lipinski definition) is 1. The summed E-state index contributed by atoms with van der Waals surface area (Å²) in [5.41, 5.74) is 8.38. The summed E-state index contributed by atoms with van der Waals surface area (Å²) in [5, 5.41) is 2.91. The van der Waals surface area contributed by atoms with E-state index in [1.54, 1.807) is 0 Å². The van der Waals surface area contributed by atoms with E-state index < -0.39 is 6.09 Å². The first-order chi connectivity index (χ1) is 17.2. The van der Waals surface area contributed by atoms with Crippen molar-refractivity contribution in [1.82, 2.24) is 5.32 Å². The number of fused-ring (bicyclic) bond motifs is 3. The molecule has 0 aromatic heterocycles. The Hall–Kier alpha value is -3.70. The molecule has 4 aromatic carbocycles. The maximum absolute atomic E-state index is 12.7. The molecule has 0 fully saturated rings. The molecule has 1 aliphatic rings. The number of hydrogen-bond acceptors (Lipinski definition) is 3. The van der Waals surface area contributed by atoms with Gasteiger partial charge in [0.2, 0.25) is 0 Å². The molecule has 0 heterocycles. The number of alkyl carbamates (subject to hydrolysis) is 1. The van der Waals surface area contributed by atoms with Crippen molar-refractivity contribution in [3.63, 3.8) is 0 Å². The zero-order chi connectivity index (χ0) is 24.2. The summed E-state index contributed by atoms with van der Waals surface area (Å²) in [6, 6.07) is 30.0. The van der Waals surface area contributed by atoms with Crippen molar-refractivity contribution in [2.75, 3.05) is 6.61 Å². The monoisotopic (exact) mass is 525 g/mol. The number of carbonyl (C=O) groups excluding carboxylic acids is 2. The summed E-state index contributed by atoms with van der Waals surface area (Å²) in [4.78, 5) is 24.1. The Morgan fingerprint density at radius 2 is 1.46 bits per heavy atom. The summed E-state index contributed by atoms with van der Waals surface area (Å²) >= 11 is 3.61. The van der Waals surface area contributed by atoms with E-state index in [1.165, 1.54) is 22.3 Å². The molecule has 174 valence electrons. The first-order valence-electron chi connectivity index (χ1n) is 11.5. The minimum atomic E-state index is -0.457. The van der Waals surface area contributed by atoms with Gasteiger partial charge in [-0.2, -0.15) is 0 Å². The van der Waals surface area contributed by atoms with Crippen LogP contribution in [0.1, 0.15) is 44.1 Å². The number of nitrogens with one attached hydrogen (secondary N) is 1. The lowest BCUT2D eigenvalue weighted by molar-refractivity contribution is 0.112. The second kappa shape index (κ2) is 10.3. The normalized spacial score (nSPS) is 12.0. The van der Waals surface area contributed by atoms with Crippen molar-refractivity contribution in [3.05, 3.63) is 129 Å². The van der Waals surface area contributed by atoms with Crippen LogP contribution < -0.4 is 5.32 Å². The van der Waals surface area contributed by atoms with Crippen LogP contribution >= 0.6 is 15.9 Å². The standard InChI is InChI=1S/C30H24BrNO3/c31-29-15-7-10-21(16-20-8-1-2-9-22(20)18-33)27(29)17-32-30(34)35-19-28-25-13-5-3-11-23(25)24-12-4-6-14-26(24)28/h1-15,18,28H,16-17,19H2,(H,32,34). The first-order valence-corrected chi connectivity index (χ1v) is 12.3. The fraction of sp³-hybridized carbons (Fsp3) is 0.133. The Labute approximate surface area is 213 Å². The molecule has 1 aliphatic carbocycles. The number of benzene rings is 4. The number of halogens is 1. The van der Waals surface area contributed by atoms with Crippen LogP contribution in [-0.2, 0) is 17.7 Å². The molecule has 0 aliphatic heterocycles. The lowest BCUT2D eigenvalue weighted by Crippen LogP contribution is -2.26. The highest BCUT2D eigenvalue weighted by molar-refractivity contribution is 9.10. The van der Waals surface area contributed by atoms with Crippen molar-refractivity contribution in [2.45, 2.75) is 18.9 Å². The molecule has 0 saturated heterocycles. The molecule has 4 nitrogen and oxygen atoms in total. The topological polar surface area (TPSA) is 55.4 Å². The fourth-order valence-corrected chi connectivity index (χ4v) is 5.34. The average molecular weight is 526 g/mol. The first kappa shape index (κ1) is 23.1. The highest BCUT2D eigenvalue weighted by Crippen LogP contribution is 2.44. The third kappa shape index (κ3) is 4.77. The summed E-state index contributed by atoms with van der Waals surface area (Å²) in [5.74, 6) is 0.0204. The van der Waals surface area contributed by atoms with Crippen molar-refractivity contribution in [2.24, 2.45) is 0 Å². The fourth-order valence-electron chi connectivity index (χ4n) is 4.79.